The predicted molar refractivity (Wildman–Crippen MR) is 68.3 cm³/mol. The minimum atomic E-state index is -0.658. The summed E-state index contributed by atoms with van der Waals surface area (Å²) in [6.45, 7) is 5.17. The number of carbonyl (C=O) groups excluding carboxylic acids is 2. The van der Waals surface area contributed by atoms with Crippen LogP contribution in [0.5, 0.6) is 0 Å². The highest BCUT2D eigenvalue weighted by molar-refractivity contribution is 5.90. The highest BCUT2D eigenvalue weighted by atomic mass is 16.6. The number of hydrogen-bond donors (Lipinski definition) is 3. The first-order valence-electron chi connectivity index (χ1n) is 5.67. The monoisotopic (exact) mass is 267 g/mol. The van der Waals surface area contributed by atoms with E-state index < -0.39 is 23.0 Å². The van der Waals surface area contributed by atoms with Gasteiger partial charge in [-0.05, 0) is 26.8 Å². The number of esters is 1. The van der Waals surface area contributed by atoms with Gasteiger partial charge in [0.15, 0.2) is 0 Å². The van der Waals surface area contributed by atoms with Crippen LogP contribution < -0.4 is 16.8 Å². The Morgan fingerprint density at radius 1 is 1.37 bits per heavy atom. The molecular formula is C12H17N3O4. The zero-order chi connectivity index (χ0) is 14.6. The van der Waals surface area contributed by atoms with Gasteiger partial charge < -0.3 is 9.72 Å². The number of rotatable bonds is 3. The van der Waals surface area contributed by atoms with Gasteiger partial charge in [-0.1, -0.05) is 0 Å². The molecule has 0 bridgehead atoms. The molecule has 0 spiro atoms. The number of aromatic amines is 1. The lowest BCUT2D eigenvalue weighted by molar-refractivity contribution is -0.120. The zero-order valence-electron chi connectivity index (χ0n) is 11.1. The Morgan fingerprint density at radius 3 is 2.53 bits per heavy atom. The lowest BCUT2D eigenvalue weighted by Gasteiger charge is -2.19. The second-order valence-electron chi connectivity index (χ2n) is 5.00. The van der Waals surface area contributed by atoms with Gasteiger partial charge in [-0.2, -0.15) is 0 Å². The van der Waals surface area contributed by atoms with Crippen molar-refractivity contribution in [3.8, 4) is 0 Å². The van der Waals surface area contributed by atoms with E-state index in [1.807, 2.05) is 5.43 Å². The van der Waals surface area contributed by atoms with Crippen LogP contribution in [-0.4, -0.2) is 22.5 Å². The van der Waals surface area contributed by atoms with E-state index in [0.717, 1.165) is 6.07 Å². The maximum Gasteiger partial charge on any atom is 0.338 e. The molecular weight excluding hydrogens is 250 g/mol. The SMILES string of the molecule is CC(C)(C)OC(=O)c1cc(CC(=O)NN)[nH]c(=O)c1. The van der Waals surface area contributed by atoms with Gasteiger partial charge in [0.1, 0.15) is 5.60 Å². The average Bonchev–Trinajstić information content (AvgIpc) is 2.25. The summed E-state index contributed by atoms with van der Waals surface area (Å²) < 4.78 is 5.15. The van der Waals surface area contributed by atoms with Crippen molar-refractivity contribution < 1.29 is 14.3 Å². The van der Waals surface area contributed by atoms with Crippen molar-refractivity contribution in [1.29, 1.82) is 0 Å². The Labute approximate surface area is 110 Å². The molecule has 7 heteroatoms. The zero-order valence-corrected chi connectivity index (χ0v) is 11.1. The second kappa shape index (κ2) is 5.66. The number of H-pyrrole nitrogens is 1. The van der Waals surface area contributed by atoms with Crippen molar-refractivity contribution in [1.82, 2.24) is 10.4 Å². The number of pyridine rings is 1. The minimum absolute atomic E-state index is 0.0958. The lowest BCUT2D eigenvalue weighted by atomic mass is 10.1. The number of nitrogens with two attached hydrogens (primary N) is 1. The van der Waals surface area contributed by atoms with Gasteiger partial charge in [0, 0.05) is 11.8 Å². The summed E-state index contributed by atoms with van der Waals surface area (Å²) in [5.74, 6) is 3.86. The van der Waals surface area contributed by atoms with Crippen molar-refractivity contribution in [3.63, 3.8) is 0 Å². The molecule has 1 aromatic heterocycles. The molecule has 1 aromatic rings. The Bertz CT molecular complexity index is 543. The molecule has 0 radical (unpaired) electrons. The van der Waals surface area contributed by atoms with Gasteiger partial charge in [-0.15, -0.1) is 0 Å². The number of amides is 1. The summed E-state index contributed by atoms with van der Waals surface area (Å²) in [6, 6.07) is 2.52. The molecule has 0 saturated heterocycles. The fraction of sp³-hybridized carbons (Fsp3) is 0.417. The highest BCUT2D eigenvalue weighted by Gasteiger charge is 2.19. The molecule has 104 valence electrons. The van der Waals surface area contributed by atoms with Crippen LogP contribution in [0, 0.1) is 0 Å². The van der Waals surface area contributed by atoms with Gasteiger partial charge in [-0.25, -0.2) is 10.6 Å². The molecule has 0 aliphatic carbocycles. The molecule has 0 saturated carbocycles. The van der Waals surface area contributed by atoms with E-state index >= 15 is 0 Å². The van der Waals surface area contributed by atoms with Crippen LogP contribution in [0.3, 0.4) is 0 Å². The Morgan fingerprint density at radius 2 is 2.00 bits per heavy atom. The van der Waals surface area contributed by atoms with Gasteiger partial charge in [-0.3, -0.25) is 15.0 Å². The normalized spacial score (nSPS) is 10.9. The number of hydrazine groups is 1. The Balaban J connectivity index is 3.00. The van der Waals surface area contributed by atoms with E-state index in [0.29, 0.717) is 0 Å². The quantitative estimate of drug-likeness (QED) is 0.305. The second-order valence-corrected chi connectivity index (χ2v) is 5.00. The molecule has 4 N–H and O–H groups in total. The van der Waals surface area contributed by atoms with E-state index in [2.05, 4.69) is 4.98 Å². The Hall–Kier alpha value is -2.15. The molecule has 1 rings (SSSR count). The summed E-state index contributed by atoms with van der Waals surface area (Å²) in [7, 11) is 0. The minimum Gasteiger partial charge on any atom is -0.456 e. The van der Waals surface area contributed by atoms with Gasteiger partial charge in [0.05, 0.1) is 12.0 Å². The number of hydrogen-bond acceptors (Lipinski definition) is 5. The molecule has 0 aromatic carbocycles. The summed E-state index contributed by atoms with van der Waals surface area (Å²) in [5.41, 5.74) is 1.19. The first-order valence-corrected chi connectivity index (χ1v) is 5.67. The first kappa shape index (κ1) is 14.9. The third-order valence-corrected chi connectivity index (χ3v) is 2.05. The third-order valence-electron chi connectivity index (χ3n) is 2.05. The molecule has 0 atom stereocenters. The van der Waals surface area contributed by atoms with Crippen LogP contribution in [0.1, 0.15) is 36.8 Å². The fourth-order valence-electron chi connectivity index (χ4n) is 1.38. The van der Waals surface area contributed by atoms with Crippen molar-refractivity contribution in [2.45, 2.75) is 32.8 Å². The smallest absolute Gasteiger partial charge is 0.338 e. The predicted octanol–water partition coefficient (Wildman–Crippen LogP) is -0.137. The molecule has 0 fully saturated rings. The molecule has 1 heterocycles. The van der Waals surface area contributed by atoms with Gasteiger partial charge in [0.2, 0.25) is 11.5 Å². The first-order chi connectivity index (χ1) is 8.71. The summed E-state index contributed by atoms with van der Waals surface area (Å²) in [6.07, 6.45) is -0.123. The number of aromatic nitrogens is 1. The number of ether oxygens (including phenoxy) is 1. The summed E-state index contributed by atoms with van der Waals surface area (Å²) in [4.78, 5) is 36.8. The van der Waals surface area contributed by atoms with Crippen molar-refractivity contribution >= 4 is 11.9 Å². The van der Waals surface area contributed by atoms with Crippen LogP contribution in [0.25, 0.3) is 0 Å². The molecule has 0 aliphatic heterocycles. The maximum absolute atomic E-state index is 11.8. The lowest BCUT2D eigenvalue weighted by Crippen LogP contribution is -2.32. The van der Waals surface area contributed by atoms with Crippen molar-refractivity contribution in [3.05, 3.63) is 33.7 Å². The molecule has 0 aliphatic rings. The maximum atomic E-state index is 11.8. The van der Waals surface area contributed by atoms with Crippen molar-refractivity contribution in [2.24, 2.45) is 5.84 Å². The van der Waals surface area contributed by atoms with E-state index in [1.165, 1.54) is 6.07 Å². The molecule has 1 amide bonds. The van der Waals surface area contributed by atoms with E-state index in [-0.39, 0.29) is 17.7 Å². The average molecular weight is 267 g/mol. The largest absolute Gasteiger partial charge is 0.456 e. The fourth-order valence-corrected chi connectivity index (χ4v) is 1.38. The highest BCUT2D eigenvalue weighted by Crippen LogP contribution is 2.11. The topological polar surface area (TPSA) is 114 Å². The third kappa shape index (κ3) is 4.92. The van der Waals surface area contributed by atoms with Crippen LogP contribution in [0.2, 0.25) is 0 Å². The van der Waals surface area contributed by atoms with Crippen LogP contribution in [0.4, 0.5) is 0 Å². The molecule has 19 heavy (non-hydrogen) atoms. The van der Waals surface area contributed by atoms with E-state index in [1.54, 1.807) is 20.8 Å². The van der Waals surface area contributed by atoms with Crippen LogP contribution in [0.15, 0.2) is 16.9 Å². The van der Waals surface area contributed by atoms with Crippen LogP contribution >= 0.6 is 0 Å². The van der Waals surface area contributed by atoms with E-state index in [9.17, 15) is 14.4 Å². The number of carbonyl (C=O) groups is 2. The summed E-state index contributed by atoms with van der Waals surface area (Å²) >= 11 is 0. The molecule has 0 unspecified atom stereocenters. The standard InChI is InChI=1S/C12H17N3O4/c1-12(2,3)19-11(18)7-4-8(6-10(17)15-13)14-9(16)5-7/h4-5H,6,13H2,1-3H3,(H,14,16)(H,15,17). The van der Waals surface area contributed by atoms with Gasteiger partial charge in [0.25, 0.3) is 0 Å². The Kier molecular flexibility index (Phi) is 4.44. The van der Waals surface area contributed by atoms with E-state index in [4.69, 9.17) is 10.6 Å². The van der Waals surface area contributed by atoms with Gasteiger partial charge >= 0.3 is 5.97 Å². The van der Waals surface area contributed by atoms with Crippen LogP contribution in [-0.2, 0) is 16.0 Å². The number of nitrogens with one attached hydrogen (secondary N) is 2. The molecule has 7 nitrogen and oxygen atoms in total. The summed E-state index contributed by atoms with van der Waals surface area (Å²) in [5, 5.41) is 0. The van der Waals surface area contributed by atoms with Crippen molar-refractivity contribution in [2.75, 3.05) is 0 Å².